The van der Waals surface area contributed by atoms with Crippen LogP contribution in [0.15, 0.2) is 23.8 Å². The summed E-state index contributed by atoms with van der Waals surface area (Å²) in [4.78, 5) is 10.8. The van der Waals surface area contributed by atoms with Crippen molar-refractivity contribution in [3.8, 4) is 17.6 Å². The highest BCUT2D eigenvalue weighted by atomic mass is 16.5. The molecule has 112 valence electrons. The number of unbranched alkanes of at least 4 members (excludes halogenated alkanes) is 2. The maximum Gasteiger partial charge on any atom is 0.346 e. The standard InChI is InChI=1S/C16H19NO4/c1-3-4-5-8-21-15-10-12(6-7-14(15)20-2)9-13(11-17)16(18)19/h6-7,9-10H,3-5,8H2,1-2H3,(H,18,19). The van der Waals surface area contributed by atoms with Crippen molar-refractivity contribution in [3.05, 3.63) is 29.3 Å². The Morgan fingerprint density at radius 2 is 2.14 bits per heavy atom. The number of carbonyl (C=O) groups is 1. The van der Waals surface area contributed by atoms with E-state index >= 15 is 0 Å². The van der Waals surface area contributed by atoms with Crippen molar-refractivity contribution in [3.63, 3.8) is 0 Å². The number of nitrogens with zero attached hydrogens (tertiary/aromatic N) is 1. The molecule has 0 saturated carbocycles. The molecular weight excluding hydrogens is 270 g/mol. The van der Waals surface area contributed by atoms with Crippen LogP contribution in [-0.4, -0.2) is 24.8 Å². The van der Waals surface area contributed by atoms with Gasteiger partial charge in [0.25, 0.3) is 0 Å². The molecule has 0 radical (unpaired) electrons. The van der Waals surface area contributed by atoms with Gasteiger partial charge in [-0.15, -0.1) is 0 Å². The van der Waals surface area contributed by atoms with Gasteiger partial charge in [0.05, 0.1) is 13.7 Å². The molecule has 0 aliphatic heterocycles. The lowest BCUT2D eigenvalue weighted by Gasteiger charge is -2.11. The molecule has 0 saturated heterocycles. The number of hydrogen-bond acceptors (Lipinski definition) is 4. The lowest BCUT2D eigenvalue weighted by molar-refractivity contribution is -0.132. The summed E-state index contributed by atoms with van der Waals surface area (Å²) in [6.07, 6.45) is 4.44. The number of carboxylic acids is 1. The quantitative estimate of drug-likeness (QED) is 0.451. The first kappa shape index (κ1) is 16.6. The number of methoxy groups -OCH3 is 1. The lowest BCUT2D eigenvalue weighted by Crippen LogP contribution is -2.00. The van der Waals surface area contributed by atoms with Crippen molar-refractivity contribution in [1.29, 1.82) is 5.26 Å². The van der Waals surface area contributed by atoms with Gasteiger partial charge in [-0.25, -0.2) is 4.79 Å². The van der Waals surface area contributed by atoms with Gasteiger partial charge in [0, 0.05) is 0 Å². The van der Waals surface area contributed by atoms with Crippen LogP contribution >= 0.6 is 0 Å². The summed E-state index contributed by atoms with van der Waals surface area (Å²) in [5.74, 6) is -0.124. The molecule has 0 aliphatic carbocycles. The number of aliphatic carboxylic acids is 1. The van der Waals surface area contributed by atoms with E-state index in [0.29, 0.717) is 23.7 Å². The Kier molecular flexibility index (Phi) is 6.82. The predicted octanol–water partition coefficient (Wildman–Crippen LogP) is 3.26. The fourth-order valence-corrected chi connectivity index (χ4v) is 1.74. The number of carboxylic acid groups (broad SMARTS) is 1. The highest BCUT2D eigenvalue weighted by molar-refractivity contribution is 5.96. The molecule has 0 heterocycles. The van der Waals surface area contributed by atoms with Crippen molar-refractivity contribution in [2.24, 2.45) is 0 Å². The first-order chi connectivity index (χ1) is 10.1. The van der Waals surface area contributed by atoms with Gasteiger partial charge >= 0.3 is 5.97 Å². The topological polar surface area (TPSA) is 79.5 Å². The molecule has 1 aromatic carbocycles. The van der Waals surface area contributed by atoms with E-state index in [9.17, 15) is 4.79 Å². The van der Waals surface area contributed by atoms with Crippen LogP contribution in [0.25, 0.3) is 6.08 Å². The molecule has 1 rings (SSSR count). The molecule has 5 heteroatoms. The van der Waals surface area contributed by atoms with Gasteiger partial charge in [-0.1, -0.05) is 25.8 Å². The minimum Gasteiger partial charge on any atom is -0.493 e. The third kappa shape index (κ3) is 5.19. The number of nitriles is 1. The summed E-state index contributed by atoms with van der Waals surface area (Å²) in [6.45, 7) is 2.68. The van der Waals surface area contributed by atoms with Crippen LogP contribution in [-0.2, 0) is 4.79 Å². The number of benzene rings is 1. The fraction of sp³-hybridized carbons (Fsp3) is 0.375. The van der Waals surface area contributed by atoms with Crippen LogP contribution in [0.1, 0.15) is 31.7 Å². The molecule has 1 N–H and O–H groups in total. The highest BCUT2D eigenvalue weighted by Gasteiger charge is 2.09. The van der Waals surface area contributed by atoms with E-state index in [1.54, 1.807) is 31.4 Å². The lowest BCUT2D eigenvalue weighted by atomic mass is 10.1. The third-order valence-corrected chi connectivity index (χ3v) is 2.86. The SMILES string of the molecule is CCCCCOc1cc(C=C(C#N)C(=O)O)ccc1OC. The smallest absolute Gasteiger partial charge is 0.346 e. The van der Waals surface area contributed by atoms with E-state index in [4.69, 9.17) is 19.8 Å². The molecule has 0 atom stereocenters. The number of rotatable bonds is 8. The Morgan fingerprint density at radius 1 is 1.38 bits per heavy atom. The van der Waals surface area contributed by atoms with Crippen LogP contribution in [0.2, 0.25) is 0 Å². The van der Waals surface area contributed by atoms with E-state index in [-0.39, 0.29) is 5.57 Å². The maximum absolute atomic E-state index is 10.8. The summed E-state index contributed by atoms with van der Waals surface area (Å²) in [6, 6.07) is 6.69. The Bertz CT molecular complexity index is 558. The Balaban J connectivity index is 2.94. The highest BCUT2D eigenvalue weighted by Crippen LogP contribution is 2.29. The molecule has 0 aromatic heterocycles. The average molecular weight is 289 g/mol. The van der Waals surface area contributed by atoms with Gasteiger partial charge < -0.3 is 14.6 Å². The van der Waals surface area contributed by atoms with Crippen molar-refractivity contribution in [1.82, 2.24) is 0 Å². The van der Waals surface area contributed by atoms with E-state index in [2.05, 4.69) is 6.92 Å². The molecular formula is C16H19NO4. The minimum atomic E-state index is -1.25. The molecule has 0 spiro atoms. The minimum absolute atomic E-state index is 0.322. The summed E-state index contributed by atoms with van der Waals surface area (Å²) >= 11 is 0. The van der Waals surface area contributed by atoms with Crippen molar-refractivity contribution in [2.75, 3.05) is 13.7 Å². The second kappa shape index (κ2) is 8.64. The zero-order valence-electron chi connectivity index (χ0n) is 12.3. The second-order valence-electron chi connectivity index (χ2n) is 4.44. The normalized spacial score (nSPS) is 10.8. The van der Waals surface area contributed by atoms with E-state index in [1.165, 1.54) is 6.08 Å². The second-order valence-corrected chi connectivity index (χ2v) is 4.44. The molecule has 21 heavy (non-hydrogen) atoms. The summed E-state index contributed by atoms with van der Waals surface area (Å²) < 4.78 is 10.9. The van der Waals surface area contributed by atoms with Crippen LogP contribution in [0.5, 0.6) is 11.5 Å². The van der Waals surface area contributed by atoms with Crippen LogP contribution in [0, 0.1) is 11.3 Å². The average Bonchev–Trinajstić information content (AvgIpc) is 2.49. The zero-order chi connectivity index (χ0) is 15.7. The van der Waals surface area contributed by atoms with Crippen molar-refractivity contribution >= 4 is 12.0 Å². The summed E-state index contributed by atoms with van der Waals surface area (Å²) in [7, 11) is 1.54. The van der Waals surface area contributed by atoms with Gasteiger partial charge in [0.2, 0.25) is 0 Å². The molecule has 5 nitrogen and oxygen atoms in total. The third-order valence-electron chi connectivity index (χ3n) is 2.86. The zero-order valence-corrected chi connectivity index (χ0v) is 12.3. The molecule has 0 aliphatic rings. The first-order valence-electron chi connectivity index (χ1n) is 6.78. The molecule has 1 aromatic rings. The molecule has 0 unspecified atom stereocenters. The Morgan fingerprint density at radius 3 is 2.71 bits per heavy atom. The van der Waals surface area contributed by atoms with E-state index < -0.39 is 5.97 Å². The largest absolute Gasteiger partial charge is 0.493 e. The molecule has 0 amide bonds. The molecule has 0 bridgehead atoms. The fourth-order valence-electron chi connectivity index (χ4n) is 1.74. The Labute approximate surface area is 124 Å². The summed E-state index contributed by atoms with van der Waals surface area (Å²) in [5.41, 5.74) is 0.261. The van der Waals surface area contributed by atoms with Gasteiger partial charge in [0.1, 0.15) is 11.6 Å². The van der Waals surface area contributed by atoms with Crippen LogP contribution < -0.4 is 9.47 Å². The monoisotopic (exact) mass is 289 g/mol. The van der Waals surface area contributed by atoms with E-state index in [1.807, 2.05) is 0 Å². The van der Waals surface area contributed by atoms with Gasteiger partial charge in [-0.3, -0.25) is 0 Å². The van der Waals surface area contributed by atoms with Crippen molar-refractivity contribution in [2.45, 2.75) is 26.2 Å². The van der Waals surface area contributed by atoms with Gasteiger partial charge in [-0.05, 0) is 30.2 Å². The molecule has 0 fully saturated rings. The van der Waals surface area contributed by atoms with Crippen molar-refractivity contribution < 1.29 is 19.4 Å². The van der Waals surface area contributed by atoms with Crippen LogP contribution in [0.4, 0.5) is 0 Å². The number of hydrogen-bond donors (Lipinski definition) is 1. The Hall–Kier alpha value is -2.48. The summed E-state index contributed by atoms with van der Waals surface area (Å²) in [5, 5.41) is 17.6. The first-order valence-corrected chi connectivity index (χ1v) is 6.78. The predicted molar refractivity (Wildman–Crippen MR) is 79.2 cm³/mol. The van der Waals surface area contributed by atoms with Gasteiger partial charge in [-0.2, -0.15) is 5.26 Å². The maximum atomic E-state index is 10.8. The van der Waals surface area contributed by atoms with E-state index in [0.717, 1.165) is 19.3 Å². The van der Waals surface area contributed by atoms with Crippen LogP contribution in [0.3, 0.4) is 0 Å². The van der Waals surface area contributed by atoms with Gasteiger partial charge in [0.15, 0.2) is 11.5 Å². The number of ether oxygens (including phenoxy) is 2.